The lowest BCUT2D eigenvalue weighted by atomic mass is 9.87. The molecule has 2 bridgehead atoms. The summed E-state index contributed by atoms with van der Waals surface area (Å²) in [5, 5.41) is 11.1. The highest BCUT2D eigenvalue weighted by atomic mass is 32.2. The first kappa shape index (κ1) is 12.6. The molecule has 0 aliphatic carbocycles. The third kappa shape index (κ3) is 2.67. The van der Waals surface area contributed by atoms with E-state index in [1.54, 1.807) is 0 Å². The van der Waals surface area contributed by atoms with Gasteiger partial charge in [0.25, 0.3) is 0 Å². The van der Waals surface area contributed by atoms with Crippen molar-refractivity contribution in [3.05, 3.63) is 0 Å². The second-order valence-electron chi connectivity index (χ2n) is 6.07. The zero-order chi connectivity index (χ0) is 11.8. The summed E-state index contributed by atoms with van der Waals surface area (Å²) in [6.07, 6.45) is 6.94. The lowest BCUT2D eigenvalue weighted by molar-refractivity contribution is 0.0113. The quantitative estimate of drug-likeness (QED) is 0.825. The molecular weight excluding hydrogens is 220 g/mol. The van der Waals surface area contributed by atoms with Crippen LogP contribution in [0.15, 0.2) is 0 Å². The molecule has 16 heavy (non-hydrogen) atoms. The van der Waals surface area contributed by atoms with E-state index < -0.39 is 16.4 Å². The smallest absolute Gasteiger partial charge is 0.0670 e. The zero-order valence-corrected chi connectivity index (χ0v) is 11.3. The molecule has 2 saturated heterocycles. The number of hydrogen-bond donors (Lipinski definition) is 1. The van der Waals surface area contributed by atoms with Crippen LogP contribution < -0.4 is 0 Å². The molecule has 2 heterocycles. The Morgan fingerprint density at radius 1 is 1.31 bits per heavy atom. The van der Waals surface area contributed by atoms with Crippen molar-refractivity contribution in [1.82, 2.24) is 0 Å². The number of aliphatic hydroxyl groups is 1. The fourth-order valence-corrected chi connectivity index (χ4v) is 5.45. The third-order valence-electron chi connectivity index (χ3n) is 4.11. The maximum absolute atomic E-state index is 11.9. The summed E-state index contributed by atoms with van der Waals surface area (Å²) < 4.78 is 11.9. The van der Waals surface area contributed by atoms with Crippen LogP contribution in [0, 0.1) is 5.92 Å². The Balaban J connectivity index is 1.87. The number of fused-ring (bicyclic) bond motifs is 2. The Morgan fingerprint density at radius 3 is 2.38 bits per heavy atom. The van der Waals surface area contributed by atoms with E-state index in [1.165, 1.54) is 6.42 Å². The summed E-state index contributed by atoms with van der Waals surface area (Å²) in [6, 6.07) is 0. The fraction of sp³-hybridized carbons (Fsp3) is 1.00. The molecule has 1 N–H and O–H groups in total. The minimum Gasteiger partial charge on any atom is -0.390 e. The molecule has 2 aliphatic heterocycles. The van der Waals surface area contributed by atoms with Crippen LogP contribution in [0.2, 0.25) is 0 Å². The van der Waals surface area contributed by atoms with Gasteiger partial charge in [-0.3, -0.25) is 4.21 Å². The van der Waals surface area contributed by atoms with E-state index in [-0.39, 0.29) is 0 Å². The molecule has 2 unspecified atom stereocenters. The highest BCUT2D eigenvalue weighted by molar-refractivity contribution is 7.86. The van der Waals surface area contributed by atoms with Gasteiger partial charge in [-0.2, -0.15) is 0 Å². The molecule has 0 spiro atoms. The molecule has 2 atom stereocenters. The highest BCUT2D eigenvalue weighted by Crippen LogP contribution is 2.42. The van der Waals surface area contributed by atoms with Crippen molar-refractivity contribution in [2.24, 2.45) is 5.92 Å². The van der Waals surface area contributed by atoms with E-state index in [9.17, 15) is 9.32 Å². The number of rotatable bonds is 4. The summed E-state index contributed by atoms with van der Waals surface area (Å²) in [4.78, 5) is 0. The molecule has 0 saturated carbocycles. The predicted molar refractivity (Wildman–Crippen MR) is 67.8 cm³/mol. The fourth-order valence-electron chi connectivity index (χ4n) is 3.22. The van der Waals surface area contributed by atoms with Gasteiger partial charge in [-0.15, -0.1) is 0 Å². The molecule has 0 amide bonds. The van der Waals surface area contributed by atoms with Crippen LogP contribution in [-0.4, -0.2) is 25.4 Å². The van der Waals surface area contributed by atoms with Crippen molar-refractivity contribution in [1.29, 1.82) is 0 Å². The molecule has 3 heteroatoms. The van der Waals surface area contributed by atoms with Gasteiger partial charge >= 0.3 is 0 Å². The highest BCUT2D eigenvalue weighted by Gasteiger charge is 2.47. The first-order chi connectivity index (χ1) is 7.50. The van der Waals surface area contributed by atoms with Crippen LogP contribution in [0.1, 0.15) is 58.8 Å². The molecule has 2 rings (SSSR count). The normalized spacial score (nSPS) is 42.9. The van der Waals surface area contributed by atoms with Gasteiger partial charge in [0.2, 0.25) is 0 Å². The summed E-state index contributed by atoms with van der Waals surface area (Å²) in [6.45, 7) is 4.45. The Labute approximate surface area is 101 Å². The van der Waals surface area contributed by atoms with Crippen LogP contribution in [0.5, 0.6) is 0 Å². The monoisotopic (exact) mass is 244 g/mol. The molecule has 2 fully saturated rings. The zero-order valence-electron chi connectivity index (χ0n) is 10.4. The standard InChI is InChI=1S/C13H24O2S/c1-10(2)4-3-7-13(14)8-11-5-6-12(9-13)16(11)15/h10-12,14H,3-9H2,1-2H3. The van der Waals surface area contributed by atoms with Crippen LogP contribution in [-0.2, 0) is 10.8 Å². The summed E-state index contributed by atoms with van der Waals surface area (Å²) in [7, 11) is -0.640. The molecule has 0 aromatic rings. The summed E-state index contributed by atoms with van der Waals surface area (Å²) >= 11 is 0. The average Bonchev–Trinajstić information content (AvgIpc) is 2.44. The Bertz CT molecular complexity index is 259. The van der Waals surface area contributed by atoms with Crippen molar-refractivity contribution in [2.75, 3.05) is 0 Å². The van der Waals surface area contributed by atoms with E-state index in [1.807, 2.05) is 0 Å². The van der Waals surface area contributed by atoms with E-state index in [4.69, 9.17) is 0 Å². The van der Waals surface area contributed by atoms with Gasteiger partial charge in [-0.1, -0.05) is 26.7 Å². The molecule has 2 nitrogen and oxygen atoms in total. The lowest BCUT2D eigenvalue weighted by Crippen LogP contribution is -2.42. The van der Waals surface area contributed by atoms with Gasteiger partial charge in [0.1, 0.15) is 0 Å². The topological polar surface area (TPSA) is 37.3 Å². The first-order valence-electron chi connectivity index (χ1n) is 6.62. The van der Waals surface area contributed by atoms with Crippen molar-refractivity contribution in [3.63, 3.8) is 0 Å². The van der Waals surface area contributed by atoms with Gasteiger partial charge in [-0.05, 0) is 38.0 Å². The third-order valence-corrected chi connectivity index (χ3v) is 6.23. The van der Waals surface area contributed by atoms with Crippen LogP contribution >= 0.6 is 0 Å². The second-order valence-corrected chi connectivity index (χ2v) is 8.06. The maximum atomic E-state index is 11.9. The van der Waals surface area contributed by atoms with Gasteiger partial charge < -0.3 is 5.11 Å². The Hall–Kier alpha value is 0.110. The van der Waals surface area contributed by atoms with Crippen LogP contribution in [0.3, 0.4) is 0 Å². The van der Waals surface area contributed by atoms with E-state index in [0.717, 1.165) is 44.4 Å². The lowest BCUT2D eigenvalue weighted by Gasteiger charge is -2.36. The molecule has 0 radical (unpaired) electrons. The van der Waals surface area contributed by atoms with Gasteiger partial charge in [0.05, 0.1) is 5.60 Å². The minimum absolute atomic E-state index is 0.294. The van der Waals surface area contributed by atoms with Crippen LogP contribution in [0.4, 0.5) is 0 Å². The Kier molecular flexibility index (Phi) is 3.75. The second kappa shape index (κ2) is 4.77. The molecular formula is C13H24O2S. The van der Waals surface area contributed by atoms with E-state index in [2.05, 4.69) is 13.8 Å². The maximum Gasteiger partial charge on any atom is 0.0670 e. The van der Waals surface area contributed by atoms with Gasteiger partial charge in [0.15, 0.2) is 0 Å². The van der Waals surface area contributed by atoms with E-state index in [0.29, 0.717) is 10.5 Å². The van der Waals surface area contributed by atoms with E-state index >= 15 is 0 Å². The number of hydrogen-bond acceptors (Lipinski definition) is 2. The summed E-state index contributed by atoms with van der Waals surface area (Å²) in [5.74, 6) is 0.720. The molecule has 0 aromatic heterocycles. The molecule has 94 valence electrons. The van der Waals surface area contributed by atoms with Crippen molar-refractivity contribution < 1.29 is 9.32 Å². The molecule has 0 aromatic carbocycles. The Morgan fingerprint density at radius 2 is 1.88 bits per heavy atom. The first-order valence-corrected chi connectivity index (χ1v) is 7.89. The van der Waals surface area contributed by atoms with Crippen molar-refractivity contribution in [3.8, 4) is 0 Å². The van der Waals surface area contributed by atoms with Crippen molar-refractivity contribution in [2.45, 2.75) is 74.9 Å². The van der Waals surface area contributed by atoms with Gasteiger partial charge in [0, 0.05) is 21.3 Å². The largest absolute Gasteiger partial charge is 0.390 e. The molecule has 2 aliphatic rings. The predicted octanol–water partition coefficient (Wildman–Crippen LogP) is 2.62. The van der Waals surface area contributed by atoms with Gasteiger partial charge in [-0.25, -0.2) is 0 Å². The minimum atomic E-state index is -0.640. The average molecular weight is 244 g/mol. The van der Waals surface area contributed by atoms with Crippen molar-refractivity contribution >= 4 is 10.8 Å². The van der Waals surface area contributed by atoms with Crippen LogP contribution in [0.25, 0.3) is 0 Å². The SMILES string of the molecule is CC(C)CCCC1(O)CC2CCC(C1)S2=O. The summed E-state index contributed by atoms with van der Waals surface area (Å²) in [5.41, 5.74) is -0.491.